The molecule has 1 aromatic heterocycles. The Hall–Kier alpha value is -0.850. The molecule has 7 heteroatoms. The highest BCUT2D eigenvalue weighted by Crippen LogP contribution is 2.30. The van der Waals surface area contributed by atoms with E-state index in [2.05, 4.69) is 4.98 Å². The van der Waals surface area contributed by atoms with E-state index in [-0.39, 0.29) is 10.8 Å². The summed E-state index contributed by atoms with van der Waals surface area (Å²) in [4.78, 5) is 14.1. The molecule has 0 aliphatic carbocycles. The first kappa shape index (κ1) is 10.7. The number of halogens is 1. The predicted octanol–water partition coefficient (Wildman–Crippen LogP) is 2.13. The summed E-state index contributed by atoms with van der Waals surface area (Å²) in [5.74, 6) is 0. The monoisotopic (exact) mass is 246 g/mol. The second-order valence-corrected chi connectivity index (χ2v) is 4.73. The Morgan fingerprint density at radius 2 is 2.33 bits per heavy atom. The van der Waals surface area contributed by atoms with Crippen LogP contribution in [0.4, 0.5) is 5.69 Å². The highest BCUT2D eigenvalue weighted by atomic mass is 35.5. The molecule has 0 amide bonds. The summed E-state index contributed by atoms with van der Waals surface area (Å²) in [7, 11) is 0. The van der Waals surface area contributed by atoms with Gasteiger partial charge in [0.2, 0.25) is 0 Å². The van der Waals surface area contributed by atoms with Crippen LogP contribution in [0.2, 0.25) is 5.15 Å². The second-order valence-electron chi connectivity index (χ2n) is 3.02. The number of nitro groups is 1. The number of hydrogen-bond acceptors (Lipinski definition) is 5. The number of nitrogens with zero attached hydrogens (tertiary/aromatic N) is 2. The van der Waals surface area contributed by atoms with Crippen molar-refractivity contribution in [2.45, 2.75) is 10.3 Å². The first-order valence-corrected chi connectivity index (χ1v) is 5.47. The van der Waals surface area contributed by atoms with Gasteiger partial charge in [0.05, 0.1) is 29.5 Å². The number of pyridine rings is 1. The predicted molar refractivity (Wildman–Crippen MR) is 56.4 cm³/mol. The fourth-order valence-electron chi connectivity index (χ4n) is 1.08. The maximum absolute atomic E-state index is 10.6. The molecule has 1 aromatic rings. The van der Waals surface area contributed by atoms with Gasteiger partial charge in [0, 0.05) is 6.07 Å². The minimum absolute atomic E-state index is 0.0299. The van der Waals surface area contributed by atoms with Crippen LogP contribution < -0.4 is 0 Å². The van der Waals surface area contributed by atoms with Crippen molar-refractivity contribution in [2.75, 3.05) is 13.2 Å². The largest absolute Gasteiger partial charge is 0.379 e. The molecule has 2 rings (SSSR count). The van der Waals surface area contributed by atoms with Crippen LogP contribution in [-0.4, -0.2) is 28.4 Å². The fraction of sp³-hybridized carbons (Fsp3) is 0.375. The van der Waals surface area contributed by atoms with Gasteiger partial charge >= 0.3 is 0 Å². The molecule has 0 saturated carbocycles. The van der Waals surface area contributed by atoms with Crippen molar-refractivity contribution >= 4 is 29.1 Å². The molecule has 0 N–H and O–H groups in total. The molecule has 1 aliphatic heterocycles. The van der Waals surface area contributed by atoms with Gasteiger partial charge in [-0.3, -0.25) is 10.1 Å². The van der Waals surface area contributed by atoms with Crippen molar-refractivity contribution in [3.8, 4) is 0 Å². The lowest BCUT2D eigenvalue weighted by Gasteiger charge is -2.24. The van der Waals surface area contributed by atoms with Crippen LogP contribution in [0.1, 0.15) is 0 Å². The molecular weight excluding hydrogens is 240 g/mol. The fourth-order valence-corrected chi connectivity index (χ4v) is 2.34. The van der Waals surface area contributed by atoms with E-state index >= 15 is 0 Å². The van der Waals surface area contributed by atoms with Crippen molar-refractivity contribution < 1.29 is 9.66 Å². The molecule has 0 unspecified atom stereocenters. The third-order valence-corrected chi connectivity index (χ3v) is 3.11. The zero-order valence-corrected chi connectivity index (χ0v) is 9.12. The Morgan fingerprint density at radius 3 is 2.87 bits per heavy atom. The first-order valence-electron chi connectivity index (χ1n) is 4.21. The van der Waals surface area contributed by atoms with E-state index in [1.165, 1.54) is 23.9 Å². The van der Waals surface area contributed by atoms with Gasteiger partial charge in [0.25, 0.3) is 5.69 Å². The topological polar surface area (TPSA) is 65.3 Å². The summed E-state index contributed by atoms with van der Waals surface area (Å²) >= 11 is 7.13. The van der Waals surface area contributed by atoms with E-state index in [0.29, 0.717) is 23.5 Å². The Bertz CT molecular complexity index is 397. The average molecular weight is 247 g/mol. The molecule has 1 aliphatic rings. The van der Waals surface area contributed by atoms with Gasteiger partial charge in [0.15, 0.2) is 0 Å². The number of aromatic nitrogens is 1. The molecule has 80 valence electrons. The van der Waals surface area contributed by atoms with Gasteiger partial charge in [-0.1, -0.05) is 23.4 Å². The van der Waals surface area contributed by atoms with Crippen LogP contribution in [0.3, 0.4) is 0 Å². The van der Waals surface area contributed by atoms with Gasteiger partial charge in [0.1, 0.15) is 10.2 Å². The maximum Gasteiger partial charge on any atom is 0.275 e. The zero-order valence-electron chi connectivity index (χ0n) is 7.55. The SMILES string of the molecule is O=[N+]([O-])c1cc(Cl)nc(SC2COC2)c1. The summed E-state index contributed by atoms with van der Waals surface area (Å²) in [6, 6.07) is 2.66. The lowest BCUT2D eigenvalue weighted by Crippen LogP contribution is -2.30. The van der Waals surface area contributed by atoms with Crippen molar-refractivity contribution in [1.82, 2.24) is 4.98 Å². The quantitative estimate of drug-likeness (QED) is 0.464. The van der Waals surface area contributed by atoms with E-state index in [0.717, 1.165) is 0 Å². The first-order chi connectivity index (χ1) is 7.15. The molecule has 15 heavy (non-hydrogen) atoms. The summed E-state index contributed by atoms with van der Waals surface area (Å²) in [5.41, 5.74) is -0.0299. The van der Waals surface area contributed by atoms with Crippen molar-refractivity contribution in [1.29, 1.82) is 0 Å². The second kappa shape index (κ2) is 4.34. The normalized spacial score (nSPS) is 16.1. The summed E-state index contributed by atoms with van der Waals surface area (Å²) in [6.45, 7) is 1.32. The van der Waals surface area contributed by atoms with E-state index in [1.54, 1.807) is 0 Å². The molecule has 1 fully saturated rings. The van der Waals surface area contributed by atoms with Crippen LogP contribution in [0.15, 0.2) is 17.2 Å². The van der Waals surface area contributed by atoms with Crippen LogP contribution in [0.5, 0.6) is 0 Å². The van der Waals surface area contributed by atoms with Crippen LogP contribution in [0.25, 0.3) is 0 Å². The smallest absolute Gasteiger partial charge is 0.275 e. The lowest BCUT2D eigenvalue weighted by atomic mass is 10.4. The number of hydrogen-bond donors (Lipinski definition) is 0. The average Bonchev–Trinajstić information content (AvgIpc) is 2.10. The van der Waals surface area contributed by atoms with Gasteiger partial charge in [-0.05, 0) is 0 Å². The van der Waals surface area contributed by atoms with E-state index in [9.17, 15) is 10.1 Å². The van der Waals surface area contributed by atoms with Crippen LogP contribution in [-0.2, 0) is 4.74 Å². The van der Waals surface area contributed by atoms with Crippen LogP contribution >= 0.6 is 23.4 Å². The van der Waals surface area contributed by atoms with Gasteiger partial charge in [-0.2, -0.15) is 0 Å². The molecule has 0 atom stereocenters. The lowest BCUT2D eigenvalue weighted by molar-refractivity contribution is -0.385. The maximum atomic E-state index is 10.6. The minimum atomic E-state index is -0.477. The molecule has 0 aromatic carbocycles. The zero-order chi connectivity index (χ0) is 10.8. The van der Waals surface area contributed by atoms with E-state index in [4.69, 9.17) is 16.3 Å². The number of thioether (sulfide) groups is 1. The molecule has 5 nitrogen and oxygen atoms in total. The van der Waals surface area contributed by atoms with E-state index < -0.39 is 4.92 Å². The molecule has 0 bridgehead atoms. The highest BCUT2D eigenvalue weighted by molar-refractivity contribution is 8.00. The molecule has 0 spiro atoms. The standard InChI is InChI=1S/C8H7ClN2O3S/c9-7-1-5(11(12)13)2-8(10-7)15-6-3-14-4-6/h1-2,6H,3-4H2. The van der Waals surface area contributed by atoms with Gasteiger partial charge in [-0.25, -0.2) is 4.98 Å². The summed E-state index contributed by atoms with van der Waals surface area (Å²) in [5, 5.41) is 11.6. The Morgan fingerprint density at radius 1 is 1.60 bits per heavy atom. The van der Waals surface area contributed by atoms with E-state index in [1.807, 2.05) is 0 Å². The number of rotatable bonds is 3. The Kier molecular flexibility index (Phi) is 3.08. The van der Waals surface area contributed by atoms with Crippen molar-refractivity contribution in [2.24, 2.45) is 0 Å². The summed E-state index contributed by atoms with van der Waals surface area (Å²) < 4.78 is 5.00. The summed E-state index contributed by atoms with van der Waals surface area (Å²) in [6.07, 6.45) is 0. The Balaban J connectivity index is 2.18. The van der Waals surface area contributed by atoms with Crippen LogP contribution in [0, 0.1) is 10.1 Å². The third-order valence-electron chi connectivity index (χ3n) is 1.86. The van der Waals surface area contributed by atoms with Crippen molar-refractivity contribution in [3.05, 3.63) is 27.4 Å². The van der Waals surface area contributed by atoms with Gasteiger partial charge in [-0.15, -0.1) is 0 Å². The minimum Gasteiger partial charge on any atom is -0.379 e. The third kappa shape index (κ3) is 2.58. The Labute approximate surface area is 94.9 Å². The molecular formula is C8H7ClN2O3S. The highest BCUT2D eigenvalue weighted by Gasteiger charge is 2.21. The molecule has 2 heterocycles. The van der Waals surface area contributed by atoms with Crippen molar-refractivity contribution in [3.63, 3.8) is 0 Å². The number of ether oxygens (including phenoxy) is 1. The molecule has 1 saturated heterocycles. The molecule has 0 radical (unpaired) electrons. The van der Waals surface area contributed by atoms with Gasteiger partial charge < -0.3 is 4.74 Å².